The second-order valence-electron chi connectivity index (χ2n) is 3.58. The van der Waals surface area contributed by atoms with Crippen LogP contribution in [0.1, 0.15) is 6.92 Å². The summed E-state index contributed by atoms with van der Waals surface area (Å²) in [6.07, 6.45) is 4.23. The summed E-state index contributed by atoms with van der Waals surface area (Å²) in [5.41, 5.74) is 0. The molecular weight excluding hydrogens is 230 g/mol. The second kappa shape index (κ2) is 5.11. The van der Waals surface area contributed by atoms with Gasteiger partial charge in [0.25, 0.3) is 0 Å². The summed E-state index contributed by atoms with van der Waals surface area (Å²) in [4.78, 5) is 7.95. The summed E-state index contributed by atoms with van der Waals surface area (Å²) >= 11 is 0. The van der Waals surface area contributed by atoms with Gasteiger partial charge >= 0.3 is 0 Å². The van der Waals surface area contributed by atoms with E-state index in [2.05, 4.69) is 15.3 Å². The zero-order chi connectivity index (χ0) is 12.2. The Labute approximate surface area is 95.0 Å². The van der Waals surface area contributed by atoms with Crippen molar-refractivity contribution in [3.8, 4) is 5.75 Å². The fourth-order valence-corrected chi connectivity index (χ4v) is 2.20. The van der Waals surface area contributed by atoms with E-state index in [0.717, 1.165) is 0 Å². The molecule has 0 amide bonds. The molecule has 1 heterocycles. The number of sulfone groups is 1. The monoisotopic (exact) mass is 245 g/mol. The SMILES string of the molecule is COc1cnc(NC(C)CS(C)(=O)=O)nc1. The lowest BCUT2D eigenvalue weighted by Gasteiger charge is -2.12. The minimum atomic E-state index is -3.00. The van der Waals surface area contributed by atoms with Crippen LogP contribution >= 0.6 is 0 Å². The molecular formula is C9H15N3O3S. The van der Waals surface area contributed by atoms with Crippen molar-refractivity contribution in [2.24, 2.45) is 0 Å². The molecule has 0 bridgehead atoms. The molecule has 0 spiro atoms. The van der Waals surface area contributed by atoms with Crippen molar-refractivity contribution in [1.82, 2.24) is 9.97 Å². The van der Waals surface area contributed by atoms with Crippen LogP contribution in [-0.4, -0.2) is 43.5 Å². The van der Waals surface area contributed by atoms with Crippen molar-refractivity contribution in [3.05, 3.63) is 12.4 Å². The molecule has 1 aromatic rings. The van der Waals surface area contributed by atoms with E-state index >= 15 is 0 Å². The van der Waals surface area contributed by atoms with Crippen LogP contribution in [0.5, 0.6) is 5.75 Å². The van der Waals surface area contributed by atoms with E-state index in [0.29, 0.717) is 11.7 Å². The predicted molar refractivity (Wildman–Crippen MR) is 61.4 cm³/mol. The van der Waals surface area contributed by atoms with Crippen molar-refractivity contribution in [2.75, 3.05) is 24.4 Å². The highest BCUT2D eigenvalue weighted by molar-refractivity contribution is 7.90. The number of ether oxygens (including phenoxy) is 1. The molecule has 1 rings (SSSR count). The molecule has 0 radical (unpaired) electrons. The quantitative estimate of drug-likeness (QED) is 0.805. The average molecular weight is 245 g/mol. The van der Waals surface area contributed by atoms with Crippen molar-refractivity contribution in [3.63, 3.8) is 0 Å². The van der Waals surface area contributed by atoms with E-state index in [-0.39, 0.29) is 11.8 Å². The highest BCUT2D eigenvalue weighted by Crippen LogP contribution is 2.08. The number of rotatable bonds is 5. The van der Waals surface area contributed by atoms with Crippen LogP contribution in [0.2, 0.25) is 0 Å². The van der Waals surface area contributed by atoms with E-state index in [1.54, 1.807) is 6.92 Å². The number of anilines is 1. The summed E-state index contributed by atoms with van der Waals surface area (Å²) in [5.74, 6) is 0.987. The molecule has 1 N–H and O–H groups in total. The Morgan fingerprint density at radius 2 is 2.00 bits per heavy atom. The molecule has 7 heteroatoms. The lowest BCUT2D eigenvalue weighted by Crippen LogP contribution is -2.25. The van der Waals surface area contributed by atoms with Gasteiger partial charge in [-0.2, -0.15) is 0 Å². The lowest BCUT2D eigenvalue weighted by molar-refractivity contribution is 0.411. The van der Waals surface area contributed by atoms with Gasteiger partial charge < -0.3 is 10.1 Å². The molecule has 0 fully saturated rings. The maximum atomic E-state index is 11.0. The van der Waals surface area contributed by atoms with Gasteiger partial charge in [0.15, 0.2) is 5.75 Å². The van der Waals surface area contributed by atoms with Gasteiger partial charge in [0.05, 0.1) is 25.3 Å². The van der Waals surface area contributed by atoms with Gasteiger partial charge in [0, 0.05) is 12.3 Å². The molecule has 0 saturated heterocycles. The van der Waals surface area contributed by atoms with E-state index in [1.807, 2.05) is 0 Å². The van der Waals surface area contributed by atoms with Crippen molar-refractivity contribution < 1.29 is 13.2 Å². The normalized spacial score (nSPS) is 13.2. The largest absolute Gasteiger partial charge is 0.494 e. The summed E-state index contributed by atoms with van der Waals surface area (Å²) in [6.45, 7) is 1.76. The molecule has 6 nitrogen and oxygen atoms in total. The maximum absolute atomic E-state index is 11.0. The van der Waals surface area contributed by atoms with E-state index in [9.17, 15) is 8.42 Å². The molecule has 1 aromatic heterocycles. The first kappa shape index (κ1) is 12.7. The minimum absolute atomic E-state index is 0.0440. The average Bonchev–Trinajstić information content (AvgIpc) is 2.16. The predicted octanol–water partition coefficient (Wildman–Crippen LogP) is 0.330. The standard InChI is InChI=1S/C9H15N3O3S/c1-7(6-16(3,13)14)12-9-10-4-8(15-2)5-11-9/h4-5,7H,6H2,1-3H3,(H,10,11,12). The molecule has 0 aliphatic heterocycles. The molecule has 0 saturated carbocycles. The van der Waals surface area contributed by atoms with Gasteiger partial charge in [0.1, 0.15) is 9.84 Å². The van der Waals surface area contributed by atoms with Crippen LogP contribution in [-0.2, 0) is 9.84 Å². The van der Waals surface area contributed by atoms with Crippen LogP contribution in [0, 0.1) is 0 Å². The third-order valence-electron chi connectivity index (χ3n) is 1.79. The summed E-state index contributed by atoms with van der Waals surface area (Å²) in [5, 5.41) is 2.89. The van der Waals surface area contributed by atoms with Crippen LogP contribution < -0.4 is 10.1 Å². The summed E-state index contributed by atoms with van der Waals surface area (Å²) in [7, 11) is -1.47. The number of nitrogens with one attached hydrogen (secondary N) is 1. The van der Waals surface area contributed by atoms with Crippen molar-refractivity contribution >= 4 is 15.8 Å². The zero-order valence-electron chi connectivity index (χ0n) is 9.47. The third-order valence-corrected chi connectivity index (χ3v) is 2.90. The molecule has 90 valence electrons. The fourth-order valence-electron chi connectivity index (χ4n) is 1.21. The molecule has 1 unspecified atom stereocenters. The van der Waals surface area contributed by atoms with Crippen LogP contribution in [0.25, 0.3) is 0 Å². The molecule has 1 atom stereocenters. The van der Waals surface area contributed by atoms with Crippen LogP contribution in [0.15, 0.2) is 12.4 Å². The van der Waals surface area contributed by atoms with Gasteiger partial charge in [-0.05, 0) is 6.92 Å². The van der Waals surface area contributed by atoms with Crippen molar-refractivity contribution in [2.45, 2.75) is 13.0 Å². The number of aromatic nitrogens is 2. The Morgan fingerprint density at radius 1 is 1.44 bits per heavy atom. The number of nitrogens with zero attached hydrogens (tertiary/aromatic N) is 2. The fraction of sp³-hybridized carbons (Fsp3) is 0.556. The Morgan fingerprint density at radius 3 is 2.44 bits per heavy atom. The van der Waals surface area contributed by atoms with Gasteiger partial charge in [-0.1, -0.05) is 0 Å². The smallest absolute Gasteiger partial charge is 0.223 e. The Hall–Kier alpha value is -1.37. The third kappa shape index (κ3) is 4.43. The number of methoxy groups -OCH3 is 1. The van der Waals surface area contributed by atoms with Crippen LogP contribution in [0.4, 0.5) is 5.95 Å². The van der Waals surface area contributed by atoms with E-state index in [1.165, 1.54) is 25.8 Å². The molecule has 0 aromatic carbocycles. The first-order valence-electron chi connectivity index (χ1n) is 4.71. The summed E-state index contributed by atoms with van der Waals surface area (Å²) in [6, 6.07) is -0.233. The first-order valence-corrected chi connectivity index (χ1v) is 6.77. The summed E-state index contributed by atoms with van der Waals surface area (Å²) < 4.78 is 27.0. The Bertz CT molecular complexity index is 430. The van der Waals surface area contributed by atoms with Crippen molar-refractivity contribution in [1.29, 1.82) is 0 Å². The molecule has 0 aliphatic carbocycles. The van der Waals surface area contributed by atoms with Crippen LogP contribution in [0.3, 0.4) is 0 Å². The topological polar surface area (TPSA) is 81.2 Å². The maximum Gasteiger partial charge on any atom is 0.223 e. The van der Waals surface area contributed by atoms with E-state index < -0.39 is 9.84 Å². The first-order chi connectivity index (χ1) is 7.40. The van der Waals surface area contributed by atoms with Gasteiger partial charge in [-0.25, -0.2) is 18.4 Å². The Balaban J connectivity index is 2.59. The highest BCUT2D eigenvalue weighted by atomic mass is 32.2. The molecule has 0 aliphatic rings. The van der Waals surface area contributed by atoms with Gasteiger partial charge in [-0.3, -0.25) is 0 Å². The zero-order valence-corrected chi connectivity index (χ0v) is 10.3. The Kier molecular flexibility index (Phi) is 4.05. The minimum Gasteiger partial charge on any atom is -0.494 e. The molecule has 16 heavy (non-hydrogen) atoms. The van der Waals surface area contributed by atoms with E-state index in [4.69, 9.17) is 4.74 Å². The number of hydrogen-bond donors (Lipinski definition) is 1. The lowest BCUT2D eigenvalue weighted by atomic mass is 10.4. The van der Waals surface area contributed by atoms with Gasteiger partial charge in [0.2, 0.25) is 5.95 Å². The number of hydrogen-bond acceptors (Lipinski definition) is 6. The highest BCUT2D eigenvalue weighted by Gasteiger charge is 2.11. The second-order valence-corrected chi connectivity index (χ2v) is 5.77. The van der Waals surface area contributed by atoms with Gasteiger partial charge in [-0.15, -0.1) is 0 Å².